The average Bonchev–Trinajstić information content (AvgIpc) is 2.33. The third kappa shape index (κ3) is 2.33. The van der Waals surface area contributed by atoms with Crippen LogP contribution in [-0.2, 0) is 0 Å². The van der Waals surface area contributed by atoms with Crippen molar-refractivity contribution in [2.75, 3.05) is 18.4 Å². The Morgan fingerprint density at radius 2 is 2.00 bits per heavy atom. The number of hydrogen-bond donors (Lipinski definition) is 2. The molecule has 3 N–H and O–H groups in total. The molecule has 0 aliphatic carbocycles. The molecule has 0 amide bonds. The lowest BCUT2D eigenvalue weighted by molar-refractivity contribution is 0.871. The normalized spacial score (nSPS) is 10.6. The third-order valence-corrected chi connectivity index (χ3v) is 3.05. The van der Waals surface area contributed by atoms with Gasteiger partial charge in [-0.1, -0.05) is 24.3 Å². The highest BCUT2D eigenvalue weighted by atomic mass is 79.9. The molecule has 3 nitrogen and oxygen atoms in total. The van der Waals surface area contributed by atoms with Crippen LogP contribution in [0.5, 0.6) is 0 Å². The molecule has 0 aliphatic heterocycles. The van der Waals surface area contributed by atoms with Crippen LogP contribution in [-0.4, -0.2) is 18.1 Å². The fourth-order valence-electron chi connectivity index (χ4n) is 1.61. The Labute approximate surface area is 103 Å². The zero-order valence-corrected chi connectivity index (χ0v) is 10.5. The summed E-state index contributed by atoms with van der Waals surface area (Å²) in [6.45, 7) is 1.55. The fraction of sp³-hybridized carbons (Fsp3) is 0.250. The van der Waals surface area contributed by atoms with Crippen LogP contribution >= 0.6 is 15.9 Å². The van der Waals surface area contributed by atoms with Crippen LogP contribution in [0.4, 0.5) is 5.82 Å². The molecule has 0 spiro atoms. The Morgan fingerprint density at radius 1 is 1.25 bits per heavy atom. The first-order valence-electron chi connectivity index (χ1n) is 5.30. The first kappa shape index (κ1) is 11.4. The smallest absolute Gasteiger partial charge is 0.133 e. The summed E-state index contributed by atoms with van der Waals surface area (Å²) in [5.74, 6) is 0.923. The summed E-state index contributed by atoms with van der Waals surface area (Å²) < 4.78 is 1.02. The van der Waals surface area contributed by atoms with Crippen molar-refractivity contribution in [3.05, 3.63) is 34.9 Å². The van der Waals surface area contributed by atoms with Gasteiger partial charge in [0.15, 0.2) is 0 Å². The van der Waals surface area contributed by atoms with Gasteiger partial charge in [0, 0.05) is 28.0 Å². The van der Waals surface area contributed by atoms with E-state index in [2.05, 4.69) is 38.4 Å². The maximum atomic E-state index is 5.46. The van der Waals surface area contributed by atoms with Gasteiger partial charge in [0.2, 0.25) is 0 Å². The van der Waals surface area contributed by atoms with E-state index < -0.39 is 0 Å². The Bertz CT molecular complexity index is 485. The van der Waals surface area contributed by atoms with E-state index in [0.29, 0.717) is 6.54 Å². The highest BCUT2D eigenvalue weighted by Crippen LogP contribution is 2.27. The summed E-state index contributed by atoms with van der Waals surface area (Å²) in [5.41, 5.74) is 5.46. The third-order valence-electron chi connectivity index (χ3n) is 2.42. The van der Waals surface area contributed by atoms with Crippen LogP contribution in [0.1, 0.15) is 6.42 Å². The van der Waals surface area contributed by atoms with Gasteiger partial charge in [-0.3, -0.25) is 0 Å². The molecule has 0 radical (unpaired) electrons. The Morgan fingerprint density at radius 3 is 2.75 bits per heavy atom. The average molecular weight is 280 g/mol. The summed E-state index contributed by atoms with van der Waals surface area (Å²) in [6, 6.07) is 8.19. The number of pyridine rings is 1. The van der Waals surface area contributed by atoms with E-state index in [-0.39, 0.29) is 0 Å². The van der Waals surface area contributed by atoms with Gasteiger partial charge >= 0.3 is 0 Å². The number of halogens is 1. The number of nitrogens with one attached hydrogen (secondary N) is 1. The van der Waals surface area contributed by atoms with E-state index in [0.717, 1.165) is 28.6 Å². The second kappa shape index (κ2) is 5.27. The molecule has 0 saturated heterocycles. The second-order valence-electron chi connectivity index (χ2n) is 3.57. The number of hydrogen-bond acceptors (Lipinski definition) is 3. The van der Waals surface area contributed by atoms with E-state index >= 15 is 0 Å². The predicted molar refractivity (Wildman–Crippen MR) is 71.6 cm³/mol. The van der Waals surface area contributed by atoms with Crippen molar-refractivity contribution in [1.82, 2.24) is 4.98 Å². The van der Waals surface area contributed by atoms with Crippen molar-refractivity contribution in [3.63, 3.8) is 0 Å². The zero-order chi connectivity index (χ0) is 11.4. The van der Waals surface area contributed by atoms with Gasteiger partial charge in [0.05, 0.1) is 0 Å². The molecule has 16 heavy (non-hydrogen) atoms. The van der Waals surface area contributed by atoms with Gasteiger partial charge in [-0.15, -0.1) is 0 Å². The number of rotatable bonds is 4. The maximum absolute atomic E-state index is 5.46. The van der Waals surface area contributed by atoms with Gasteiger partial charge in [-0.05, 0) is 28.9 Å². The second-order valence-corrected chi connectivity index (χ2v) is 4.42. The highest BCUT2D eigenvalue weighted by molar-refractivity contribution is 9.10. The van der Waals surface area contributed by atoms with Crippen LogP contribution in [0, 0.1) is 0 Å². The molecular formula is C12H14BrN3. The molecular weight excluding hydrogens is 266 g/mol. The molecule has 0 fully saturated rings. The van der Waals surface area contributed by atoms with Crippen LogP contribution in [0.2, 0.25) is 0 Å². The maximum Gasteiger partial charge on any atom is 0.133 e. The largest absolute Gasteiger partial charge is 0.370 e. The highest BCUT2D eigenvalue weighted by Gasteiger charge is 2.04. The van der Waals surface area contributed by atoms with Crippen LogP contribution in [0.15, 0.2) is 34.9 Å². The SMILES string of the molecule is NCCCNc1ncc(Br)c2ccccc12. The van der Waals surface area contributed by atoms with Gasteiger partial charge in [0.1, 0.15) is 5.82 Å². The van der Waals surface area contributed by atoms with Crippen molar-refractivity contribution < 1.29 is 0 Å². The van der Waals surface area contributed by atoms with E-state index in [1.165, 1.54) is 5.39 Å². The number of nitrogens with two attached hydrogens (primary N) is 1. The van der Waals surface area contributed by atoms with Crippen molar-refractivity contribution in [1.29, 1.82) is 0 Å². The molecule has 0 atom stereocenters. The molecule has 0 aliphatic rings. The number of aromatic nitrogens is 1. The molecule has 1 aromatic heterocycles. The van der Waals surface area contributed by atoms with Crippen molar-refractivity contribution in [3.8, 4) is 0 Å². The number of nitrogens with zero attached hydrogens (tertiary/aromatic N) is 1. The van der Waals surface area contributed by atoms with Crippen LogP contribution in [0.3, 0.4) is 0 Å². The van der Waals surface area contributed by atoms with Crippen LogP contribution < -0.4 is 11.1 Å². The van der Waals surface area contributed by atoms with Crippen LogP contribution in [0.25, 0.3) is 10.8 Å². The number of anilines is 1. The first-order chi connectivity index (χ1) is 7.83. The fourth-order valence-corrected chi connectivity index (χ4v) is 2.06. The molecule has 1 heterocycles. The summed E-state index contributed by atoms with van der Waals surface area (Å²) in [5, 5.41) is 5.61. The molecule has 84 valence electrons. The van der Waals surface area contributed by atoms with E-state index in [9.17, 15) is 0 Å². The van der Waals surface area contributed by atoms with Gasteiger partial charge in [-0.25, -0.2) is 4.98 Å². The van der Waals surface area contributed by atoms with E-state index in [4.69, 9.17) is 5.73 Å². The van der Waals surface area contributed by atoms with Gasteiger partial charge in [-0.2, -0.15) is 0 Å². The van der Waals surface area contributed by atoms with Crippen molar-refractivity contribution in [2.24, 2.45) is 5.73 Å². The minimum absolute atomic E-state index is 0.696. The number of benzene rings is 1. The number of fused-ring (bicyclic) bond motifs is 1. The standard InChI is InChI=1S/C12H14BrN3/c13-11-8-16-12(15-7-3-6-14)10-5-2-1-4-9(10)11/h1-2,4-5,8H,3,6-7,14H2,(H,15,16). The lowest BCUT2D eigenvalue weighted by Crippen LogP contribution is -2.09. The minimum atomic E-state index is 0.696. The van der Waals surface area contributed by atoms with Crippen molar-refractivity contribution >= 4 is 32.5 Å². The summed E-state index contributed by atoms with van der Waals surface area (Å²) in [7, 11) is 0. The zero-order valence-electron chi connectivity index (χ0n) is 8.91. The minimum Gasteiger partial charge on any atom is -0.370 e. The molecule has 0 unspecified atom stereocenters. The first-order valence-corrected chi connectivity index (χ1v) is 6.09. The Kier molecular flexibility index (Phi) is 3.74. The molecule has 0 bridgehead atoms. The van der Waals surface area contributed by atoms with E-state index in [1.54, 1.807) is 0 Å². The summed E-state index contributed by atoms with van der Waals surface area (Å²) >= 11 is 3.50. The lowest BCUT2D eigenvalue weighted by Gasteiger charge is -2.09. The molecule has 2 aromatic rings. The molecule has 1 aromatic carbocycles. The molecule has 2 rings (SSSR count). The Balaban J connectivity index is 2.35. The monoisotopic (exact) mass is 279 g/mol. The summed E-state index contributed by atoms with van der Waals surface area (Å²) in [4.78, 5) is 4.38. The molecule has 4 heteroatoms. The van der Waals surface area contributed by atoms with Gasteiger partial charge in [0.25, 0.3) is 0 Å². The summed E-state index contributed by atoms with van der Waals surface area (Å²) in [6.07, 6.45) is 2.78. The van der Waals surface area contributed by atoms with Gasteiger partial charge < -0.3 is 11.1 Å². The molecule has 0 saturated carbocycles. The Hall–Kier alpha value is -1.13. The van der Waals surface area contributed by atoms with E-state index in [1.807, 2.05) is 18.3 Å². The lowest BCUT2D eigenvalue weighted by atomic mass is 10.1. The quantitative estimate of drug-likeness (QED) is 0.847. The predicted octanol–water partition coefficient (Wildman–Crippen LogP) is 2.76. The van der Waals surface area contributed by atoms with Crippen molar-refractivity contribution in [2.45, 2.75) is 6.42 Å². The topological polar surface area (TPSA) is 50.9 Å².